The average molecular weight is 287 g/mol. The Bertz CT molecular complexity index is 609. The van der Waals surface area contributed by atoms with Gasteiger partial charge < -0.3 is 10.4 Å². The highest BCUT2D eigenvalue weighted by Gasteiger charge is 2.36. The highest BCUT2D eigenvalue weighted by atomic mass is 32.1. The van der Waals surface area contributed by atoms with E-state index in [9.17, 15) is 9.90 Å². The van der Waals surface area contributed by atoms with E-state index in [0.717, 1.165) is 17.5 Å². The minimum atomic E-state index is -0.916. The van der Waals surface area contributed by atoms with Gasteiger partial charge in [0.25, 0.3) is 0 Å². The second kappa shape index (κ2) is 5.38. The number of nitrogens with one attached hydrogen (secondary N) is 1. The number of fused-ring (bicyclic) bond motifs is 1. The summed E-state index contributed by atoms with van der Waals surface area (Å²) in [7, 11) is 0. The van der Waals surface area contributed by atoms with Crippen LogP contribution in [0.2, 0.25) is 0 Å². The van der Waals surface area contributed by atoms with Crippen molar-refractivity contribution in [2.45, 2.75) is 24.9 Å². The molecule has 0 fully saturated rings. The Hall–Kier alpha value is -1.65. The van der Waals surface area contributed by atoms with Crippen LogP contribution in [-0.4, -0.2) is 17.6 Å². The van der Waals surface area contributed by atoms with Crippen LogP contribution in [0.25, 0.3) is 0 Å². The minimum absolute atomic E-state index is 0.0405. The van der Waals surface area contributed by atoms with E-state index >= 15 is 0 Å². The molecule has 1 aromatic heterocycles. The molecule has 4 heteroatoms. The summed E-state index contributed by atoms with van der Waals surface area (Å²) in [6, 6.07) is 9.86. The van der Waals surface area contributed by atoms with Crippen LogP contribution in [0.4, 0.5) is 0 Å². The molecule has 3 nitrogen and oxygen atoms in total. The van der Waals surface area contributed by atoms with Crippen molar-refractivity contribution in [3.05, 3.63) is 57.8 Å². The summed E-state index contributed by atoms with van der Waals surface area (Å²) < 4.78 is 0. The van der Waals surface area contributed by atoms with E-state index in [1.54, 1.807) is 11.3 Å². The smallest absolute Gasteiger partial charge is 0.224 e. The third-order valence-electron chi connectivity index (χ3n) is 3.85. The van der Waals surface area contributed by atoms with Gasteiger partial charge in [0.05, 0.1) is 13.0 Å². The fraction of sp³-hybridized carbons (Fsp3) is 0.312. The minimum Gasteiger partial charge on any atom is -0.383 e. The first-order valence-electron chi connectivity index (χ1n) is 6.76. The molecule has 1 aromatic carbocycles. The molecule has 2 N–H and O–H groups in total. The first-order chi connectivity index (χ1) is 9.67. The molecule has 0 saturated carbocycles. The summed E-state index contributed by atoms with van der Waals surface area (Å²) >= 11 is 1.59. The Morgan fingerprint density at radius 1 is 1.35 bits per heavy atom. The Balaban J connectivity index is 1.62. The molecular weight excluding hydrogens is 270 g/mol. The molecule has 1 amide bonds. The van der Waals surface area contributed by atoms with Gasteiger partial charge in [-0.25, -0.2) is 0 Å². The molecule has 1 atom stereocenters. The zero-order chi connectivity index (χ0) is 14.0. The number of benzene rings is 1. The summed E-state index contributed by atoms with van der Waals surface area (Å²) in [5.74, 6) is -0.0405. The fourth-order valence-corrected chi connectivity index (χ4v) is 3.41. The largest absolute Gasteiger partial charge is 0.383 e. The summed E-state index contributed by atoms with van der Waals surface area (Å²) in [4.78, 5) is 11.9. The zero-order valence-electron chi connectivity index (χ0n) is 11.1. The number of hydrogen-bond donors (Lipinski definition) is 2. The average Bonchev–Trinajstić information content (AvgIpc) is 3.07. The number of aliphatic hydroxyl groups is 1. The van der Waals surface area contributed by atoms with Gasteiger partial charge in [0.2, 0.25) is 5.91 Å². The molecule has 0 saturated heterocycles. The first kappa shape index (κ1) is 13.3. The predicted molar refractivity (Wildman–Crippen MR) is 79.7 cm³/mol. The van der Waals surface area contributed by atoms with Crippen molar-refractivity contribution in [3.8, 4) is 0 Å². The molecule has 3 rings (SSSR count). The molecule has 1 unspecified atom stereocenters. The number of carbonyl (C=O) groups excluding carboxylic acids is 1. The summed E-state index contributed by atoms with van der Waals surface area (Å²) in [6.45, 7) is 0.285. The maximum atomic E-state index is 11.9. The Kier molecular flexibility index (Phi) is 3.59. The van der Waals surface area contributed by atoms with E-state index in [4.69, 9.17) is 0 Å². The lowest BCUT2D eigenvalue weighted by Gasteiger charge is -2.24. The van der Waals surface area contributed by atoms with Gasteiger partial charge in [-0.1, -0.05) is 24.3 Å². The molecule has 0 radical (unpaired) electrons. The lowest BCUT2D eigenvalue weighted by atomic mass is 9.96. The monoisotopic (exact) mass is 287 g/mol. The van der Waals surface area contributed by atoms with Crippen LogP contribution in [0, 0.1) is 0 Å². The van der Waals surface area contributed by atoms with Gasteiger partial charge >= 0.3 is 0 Å². The summed E-state index contributed by atoms with van der Waals surface area (Å²) in [5, 5.41) is 17.5. The van der Waals surface area contributed by atoms with Crippen molar-refractivity contribution >= 4 is 17.2 Å². The van der Waals surface area contributed by atoms with Crippen molar-refractivity contribution in [1.29, 1.82) is 0 Å². The lowest BCUT2D eigenvalue weighted by Crippen LogP contribution is -2.39. The van der Waals surface area contributed by atoms with Gasteiger partial charge in [0.1, 0.15) is 5.60 Å². The van der Waals surface area contributed by atoms with Crippen LogP contribution in [0.5, 0.6) is 0 Å². The van der Waals surface area contributed by atoms with Crippen LogP contribution in [-0.2, 0) is 23.2 Å². The van der Waals surface area contributed by atoms with Crippen molar-refractivity contribution < 1.29 is 9.90 Å². The second-order valence-corrected chi connectivity index (χ2v) is 6.05. The molecule has 1 heterocycles. The fourth-order valence-electron chi connectivity index (χ4n) is 2.74. The zero-order valence-corrected chi connectivity index (χ0v) is 12.0. The van der Waals surface area contributed by atoms with Gasteiger partial charge in [-0.2, -0.15) is 11.3 Å². The van der Waals surface area contributed by atoms with Crippen LogP contribution >= 0.6 is 11.3 Å². The van der Waals surface area contributed by atoms with Crippen molar-refractivity contribution in [1.82, 2.24) is 5.32 Å². The maximum absolute atomic E-state index is 11.9. The van der Waals surface area contributed by atoms with Crippen molar-refractivity contribution in [3.63, 3.8) is 0 Å². The van der Waals surface area contributed by atoms with Crippen LogP contribution in [0.15, 0.2) is 41.1 Å². The molecular formula is C16H17NO2S. The number of amides is 1. The van der Waals surface area contributed by atoms with Crippen LogP contribution in [0.1, 0.15) is 23.1 Å². The molecule has 1 aliphatic rings. The SMILES string of the molecule is O=C(Cc1ccsc1)NCC1(O)CCc2ccccc21. The van der Waals surface area contributed by atoms with E-state index in [-0.39, 0.29) is 12.5 Å². The van der Waals surface area contributed by atoms with Crippen LogP contribution < -0.4 is 5.32 Å². The Morgan fingerprint density at radius 3 is 3.00 bits per heavy atom. The number of hydrogen-bond acceptors (Lipinski definition) is 3. The third-order valence-corrected chi connectivity index (χ3v) is 4.58. The summed E-state index contributed by atoms with van der Waals surface area (Å²) in [5.41, 5.74) is 2.24. The number of rotatable bonds is 4. The van der Waals surface area contributed by atoms with Gasteiger partial charge in [-0.3, -0.25) is 4.79 Å². The van der Waals surface area contributed by atoms with Gasteiger partial charge in [-0.05, 0) is 46.4 Å². The van der Waals surface area contributed by atoms with Gasteiger partial charge in [-0.15, -0.1) is 0 Å². The van der Waals surface area contributed by atoms with E-state index in [1.165, 1.54) is 5.56 Å². The molecule has 104 valence electrons. The number of thiophene rings is 1. The number of carbonyl (C=O) groups is 1. The van der Waals surface area contributed by atoms with Gasteiger partial charge in [0, 0.05) is 0 Å². The topological polar surface area (TPSA) is 49.3 Å². The Labute approximate surface area is 122 Å². The normalized spacial score (nSPS) is 20.6. The highest BCUT2D eigenvalue weighted by Crippen LogP contribution is 2.36. The highest BCUT2D eigenvalue weighted by molar-refractivity contribution is 7.07. The molecule has 0 aliphatic heterocycles. The molecule has 1 aliphatic carbocycles. The van der Waals surface area contributed by atoms with Gasteiger partial charge in [0.15, 0.2) is 0 Å². The molecule has 2 aromatic rings. The van der Waals surface area contributed by atoms with E-state index in [1.807, 2.05) is 41.1 Å². The second-order valence-electron chi connectivity index (χ2n) is 5.27. The molecule has 0 spiro atoms. The molecule has 0 bridgehead atoms. The van der Waals surface area contributed by atoms with Crippen molar-refractivity contribution in [2.75, 3.05) is 6.54 Å². The van der Waals surface area contributed by atoms with Crippen LogP contribution in [0.3, 0.4) is 0 Å². The number of aryl methyl sites for hydroxylation is 1. The summed E-state index contributed by atoms with van der Waals surface area (Å²) in [6.07, 6.45) is 1.92. The van der Waals surface area contributed by atoms with E-state index in [0.29, 0.717) is 12.8 Å². The van der Waals surface area contributed by atoms with E-state index < -0.39 is 5.60 Å². The standard InChI is InChI=1S/C16H17NO2S/c18-15(9-12-6-8-20-10-12)17-11-16(19)7-5-13-3-1-2-4-14(13)16/h1-4,6,8,10,19H,5,7,9,11H2,(H,17,18). The third kappa shape index (κ3) is 2.62. The predicted octanol–water partition coefficient (Wildman–Crippen LogP) is 2.24. The molecule has 20 heavy (non-hydrogen) atoms. The van der Waals surface area contributed by atoms with Crippen molar-refractivity contribution in [2.24, 2.45) is 0 Å². The maximum Gasteiger partial charge on any atom is 0.224 e. The first-order valence-corrected chi connectivity index (χ1v) is 7.70. The van der Waals surface area contributed by atoms with E-state index in [2.05, 4.69) is 5.32 Å². The Morgan fingerprint density at radius 2 is 2.20 bits per heavy atom. The quantitative estimate of drug-likeness (QED) is 0.906. The lowest BCUT2D eigenvalue weighted by molar-refractivity contribution is -0.121.